The van der Waals surface area contributed by atoms with E-state index >= 15 is 0 Å². The summed E-state index contributed by atoms with van der Waals surface area (Å²) in [5.41, 5.74) is 0. The van der Waals surface area contributed by atoms with Crippen molar-refractivity contribution in [3.63, 3.8) is 0 Å². The molecule has 0 aromatic heterocycles. The second-order valence-electron chi connectivity index (χ2n) is 6.11. The van der Waals surface area contributed by atoms with Gasteiger partial charge < -0.3 is 15.7 Å². The molecule has 1 fully saturated rings. The van der Waals surface area contributed by atoms with Gasteiger partial charge in [-0.2, -0.15) is 0 Å². The number of halogens is 1. The number of nitrogens with one attached hydrogen (secondary N) is 2. The Morgan fingerprint density at radius 3 is 2.44 bits per heavy atom. The van der Waals surface area contributed by atoms with E-state index in [0.717, 1.165) is 25.8 Å². The molecule has 25 heavy (non-hydrogen) atoms. The van der Waals surface area contributed by atoms with Crippen LogP contribution in [0, 0.1) is 5.92 Å². The van der Waals surface area contributed by atoms with Crippen LogP contribution < -0.4 is 10.6 Å². The van der Waals surface area contributed by atoms with Crippen LogP contribution in [0.3, 0.4) is 0 Å². The third-order valence-electron chi connectivity index (χ3n) is 4.10. The van der Waals surface area contributed by atoms with Crippen LogP contribution in [0.25, 0.3) is 0 Å². The maximum absolute atomic E-state index is 11.8. The van der Waals surface area contributed by atoms with Crippen LogP contribution in [0.15, 0.2) is 4.99 Å². The highest BCUT2D eigenvalue weighted by molar-refractivity contribution is 14.0. The van der Waals surface area contributed by atoms with Crippen molar-refractivity contribution in [1.82, 2.24) is 15.5 Å². The second-order valence-corrected chi connectivity index (χ2v) is 6.11. The first-order valence-electron chi connectivity index (χ1n) is 9.08. The fourth-order valence-corrected chi connectivity index (χ4v) is 2.82. The highest BCUT2D eigenvalue weighted by atomic mass is 127. The smallest absolute Gasteiger partial charge is 0.229 e. The number of hydrogen-bond donors (Lipinski definition) is 3. The number of piperidine rings is 1. The van der Waals surface area contributed by atoms with Gasteiger partial charge in [0.05, 0.1) is 0 Å². The number of likely N-dealkylation sites (tertiary alicyclic amines) is 1. The van der Waals surface area contributed by atoms with Gasteiger partial charge in [0.2, 0.25) is 11.8 Å². The molecule has 0 aromatic rings. The molecule has 8 heteroatoms. The Bertz CT molecular complexity index is 410. The van der Waals surface area contributed by atoms with Crippen LogP contribution >= 0.6 is 24.0 Å². The van der Waals surface area contributed by atoms with E-state index in [2.05, 4.69) is 22.5 Å². The zero-order valence-corrected chi connectivity index (χ0v) is 17.8. The predicted molar refractivity (Wildman–Crippen MR) is 110 cm³/mol. The molecule has 146 valence electrons. The van der Waals surface area contributed by atoms with E-state index in [9.17, 15) is 9.59 Å². The molecule has 1 unspecified atom stereocenters. The van der Waals surface area contributed by atoms with Gasteiger partial charge in [-0.1, -0.05) is 13.3 Å². The molecule has 0 radical (unpaired) electrons. The van der Waals surface area contributed by atoms with Crippen LogP contribution in [0.5, 0.6) is 0 Å². The topological polar surface area (TPSA) is 94.0 Å². The summed E-state index contributed by atoms with van der Waals surface area (Å²) in [5.74, 6) is 0.899. The first-order valence-corrected chi connectivity index (χ1v) is 9.08. The van der Waals surface area contributed by atoms with Gasteiger partial charge in [-0.3, -0.25) is 19.5 Å². The molecule has 0 aromatic carbocycles. The molecular weight excluding hydrogens is 435 g/mol. The monoisotopic (exact) mass is 468 g/mol. The largest absolute Gasteiger partial charge is 0.396 e. The van der Waals surface area contributed by atoms with Crippen molar-refractivity contribution in [3.8, 4) is 0 Å². The van der Waals surface area contributed by atoms with Crippen LogP contribution in [-0.4, -0.2) is 60.6 Å². The molecule has 1 heterocycles. The third kappa shape index (κ3) is 9.39. The van der Waals surface area contributed by atoms with E-state index < -0.39 is 0 Å². The highest BCUT2D eigenvalue weighted by Crippen LogP contribution is 2.12. The van der Waals surface area contributed by atoms with Crippen LogP contribution in [0.1, 0.15) is 52.4 Å². The lowest BCUT2D eigenvalue weighted by atomic mass is 10.0. The van der Waals surface area contributed by atoms with Gasteiger partial charge in [-0.05, 0) is 32.1 Å². The number of nitrogens with zero attached hydrogens (tertiary/aromatic N) is 2. The van der Waals surface area contributed by atoms with Crippen molar-refractivity contribution >= 4 is 41.8 Å². The number of carbonyl (C=O) groups excluding carboxylic acids is 2. The second kappa shape index (κ2) is 14.3. The number of guanidine groups is 1. The number of aliphatic hydroxyl groups is 1. The fraction of sp³-hybridized carbons (Fsp3) is 0.824. The SMILES string of the molecule is CCCC(CCO)CN=C(NCC)NCCN1C(=O)CCCC1=O.I. The van der Waals surface area contributed by atoms with Crippen molar-refractivity contribution < 1.29 is 14.7 Å². The molecule has 1 atom stereocenters. The van der Waals surface area contributed by atoms with Gasteiger partial charge in [0.1, 0.15) is 0 Å². The zero-order valence-electron chi connectivity index (χ0n) is 15.4. The summed E-state index contributed by atoms with van der Waals surface area (Å²) >= 11 is 0. The van der Waals surface area contributed by atoms with Gasteiger partial charge in [-0.25, -0.2) is 0 Å². The van der Waals surface area contributed by atoms with E-state index in [0.29, 0.717) is 50.8 Å². The lowest BCUT2D eigenvalue weighted by Crippen LogP contribution is -2.46. The summed E-state index contributed by atoms with van der Waals surface area (Å²) in [6, 6.07) is 0. The molecule has 0 aliphatic carbocycles. The summed E-state index contributed by atoms with van der Waals surface area (Å²) < 4.78 is 0. The van der Waals surface area contributed by atoms with E-state index in [1.807, 2.05) is 6.92 Å². The normalized spacial score (nSPS) is 16.4. The third-order valence-corrected chi connectivity index (χ3v) is 4.10. The molecule has 2 amide bonds. The minimum absolute atomic E-state index is 0. The van der Waals surface area contributed by atoms with Crippen molar-refractivity contribution in [2.24, 2.45) is 10.9 Å². The molecule has 3 N–H and O–H groups in total. The number of hydrogen-bond acceptors (Lipinski definition) is 4. The summed E-state index contributed by atoms with van der Waals surface area (Å²) in [5, 5.41) is 15.5. The van der Waals surface area contributed by atoms with Gasteiger partial charge >= 0.3 is 0 Å². The Kier molecular flexibility index (Phi) is 13.8. The lowest BCUT2D eigenvalue weighted by molar-refractivity contribution is -0.147. The lowest BCUT2D eigenvalue weighted by Gasteiger charge is -2.25. The average Bonchev–Trinajstić information content (AvgIpc) is 2.55. The molecule has 1 rings (SSSR count). The molecular formula is C17H33IN4O3. The van der Waals surface area contributed by atoms with Gasteiger partial charge in [0.15, 0.2) is 5.96 Å². The van der Waals surface area contributed by atoms with Crippen molar-refractivity contribution in [1.29, 1.82) is 0 Å². The zero-order chi connectivity index (χ0) is 17.8. The number of amides is 2. The number of imide groups is 1. The first kappa shape index (κ1) is 24.1. The van der Waals surface area contributed by atoms with Gasteiger partial charge in [0, 0.05) is 45.6 Å². The van der Waals surface area contributed by atoms with E-state index in [1.165, 1.54) is 4.90 Å². The quantitative estimate of drug-likeness (QED) is 0.196. The maximum atomic E-state index is 11.8. The Balaban J connectivity index is 0.00000576. The molecule has 7 nitrogen and oxygen atoms in total. The molecule has 1 saturated heterocycles. The Labute approximate surface area is 168 Å². The predicted octanol–water partition coefficient (Wildman–Crippen LogP) is 1.50. The van der Waals surface area contributed by atoms with E-state index in [4.69, 9.17) is 5.11 Å². The summed E-state index contributed by atoms with van der Waals surface area (Å²) in [4.78, 5) is 29.5. The summed E-state index contributed by atoms with van der Waals surface area (Å²) in [7, 11) is 0. The molecule has 0 bridgehead atoms. The standard InChI is InChI=1S/C17H32N4O3.HI/c1-3-6-14(9-12-22)13-20-17(18-4-2)19-10-11-21-15(23)7-5-8-16(21)24;/h14,22H,3-13H2,1-2H3,(H2,18,19,20);1H. The van der Waals surface area contributed by atoms with E-state index in [1.54, 1.807) is 0 Å². The van der Waals surface area contributed by atoms with Crippen LogP contribution in [0.2, 0.25) is 0 Å². The first-order chi connectivity index (χ1) is 11.6. The number of aliphatic imine (C=N–C) groups is 1. The Morgan fingerprint density at radius 2 is 1.88 bits per heavy atom. The number of aliphatic hydroxyl groups excluding tert-OH is 1. The van der Waals surface area contributed by atoms with Crippen LogP contribution in [0.4, 0.5) is 0 Å². The minimum Gasteiger partial charge on any atom is -0.396 e. The molecule has 0 saturated carbocycles. The van der Waals surface area contributed by atoms with Crippen LogP contribution in [-0.2, 0) is 9.59 Å². The molecule has 1 aliphatic heterocycles. The number of carbonyl (C=O) groups is 2. The summed E-state index contributed by atoms with van der Waals surface area (Å²) in [6.45, 7) is 6.57. The molecule has 0 spiro atoms. The van der Waals surface area contributed by atoms with Crippen molar-refractivity contribution in [2.45, 2.75) is 52.4 Å². The fourth-order valence-electron chi connectivity index (χ4n) is 2.82. The highest BCUT2D eigenvalue weighted by Gasteiger charge is 2.25. The van der Waals surface area contributed by atoms with Gasteiger partial charge in [0.25, 0.3) is 0 Å². The number of rotatable bonds is 10. The summed E-state index contributed by atoms with van der Waals surface area (Å²) in [6.07, 6.45) is 4.45. The maximum Gasteiger partial charge on any atom is 0.229 e. The van der Waals surface area contributed by atoms with E-state index in [-0.39, 0.29) is 42.4 Å². The van der Waals surface area contributed by atoms with Crippen molar-refractivity contribution in [2.75, 3.05) is 32.8 Å². The Morgan fingerprint density at radius 1 is 1.20 bits per heavy atom. The Hall–Kier alpha value is -0.900. The van der Waals surface area contributed by atoms with Gasteiger partial charge in [-0.15, -0.1) is 24.0 Å². The average molecular weight is 468 g/mol. The minimum atomic E-state index is -0.0825. The van der Waals surface area contributed by atoms with Crippen molar-refractivity contribution in [3.05, 3.63) is 0 Å². The molecule has 1 aliphatic rings.